The van der Waals surface area contributed by atoms with E-state index < -0.39 is 28.0 Å². The van der Waals surface area contributed by atoms with Gasteiger partial charge in [-0.1, -0.05) is 12.2 Å². The number of hydrogen-bond donors (Lipinski definition) is 2. The van der Waals surface area contributed by atoms with Crippen molar-refractivity contribution in [3.8, 4) is 6.07 Å². The molecule has 1 aliphatic rings. The van der Waals surface area contributed by atoms with E-state index in [0.717, 1.165) is 0 Å². The third-order valence-electron chi connectivity index (χ3n) is 3.34. The summed E-state index contributed by atoms with van der Waals surface area (Å²) in [5.74, 6) is -1.64. The lowest BCUT2D eigenvalue weighted by Gasteiger charge is -2.13. The molecular weight excluding hydrogens is 292 g/mol. The molecule has 0 aliphatic heterocycles. The summed E-state index contributed by atoms with van der Waals surface area (Å²) in [4.78, 5) is 10.9. The van der Waals surface area contributed by atoms with Gasteiger partial charge >= 0.3 is 5.97 Å². The van der Waals surface area contributed by atoms with Gasteiger partial charge in [0.15, 0.2) is 0 Å². The van der Waals surface area contributed by atoms with Crippen LogP contribution in [0.4, 0.5) is 0 Å². The minimum Gasteiger partial charge on any atom is -0.481 e. The van der Waals surface area contributed by atoms with Crippen molar-refractivity contribution in [3.63, 3.8) is 0 Å². The maximum atomic E-state index is 12.2. The molecule has 6 nitrogen and oxygen atoms in total. The molecule has 0 fully saturated rings. The number of benzene rings is 1. The lowest BCUT2D eigenvalue weighted by Crippen LogP contribution is -2.33. The van der Waals surface area contributed by atoms with Crippen LogP contribution in [0.3, 0.4) is 0 Å². The Labute approximate surface area is 122 Å². The van der Waals surface area contributed by atoms with Gasteiger partial charge in [-0.2, -0.15) is 5.26 Å². The van der Waals surface area contributed by atoms with Crippen LogP contribution in [0, 0.1) is 24.2 Å². The van der Waals surface area contributed by atoms with Crippen molar-refractivity contribution < 1.29 is 18.3 Å². The predicted octanol–water partition coefficient (Wildman–Crippen LogP) is 1.17. The third kappa shape index (κ3) is 3.29. The Bertz CT molecular complexity index is 747. The van der Waals surface area contributed by atoms with Crippen molar-refractivity contribution in [1.82, 2.24) is 4.72 Å². The first-order valence-corrected chi connectivity index (χ1v) is 7.76. The highest BCUT2D eigenvalue weighted by molar-refractivity contribution is 7.89. The van der Waals surface area contributed by atoms with E-state index in [-0.39, 0.29) is 11.3 Å². The highest BCUT2D eigenvalue weighted by atomic mass is 32.2. The lowest BCUT2D eigenvalue weighted by molar-refractivity contribution is -0.140. The number of hydrogen-bond acceptors (Lipinski definition) is 4. The minimum absolute atomic E-state index is 0.0613. The van der Waals surface area contributed by atoms with E-state index in [1.165, 1.54) is 24.3 Å². The van der Waals surface area contributed by atoms with E-state index in [9.17, 15) is 13.2 Å². The van der Waals surface area contributed by atoms with Crippen molar-refractivity contribution in [2.45, 2.75) is 24.3 Å². The quantitative estimate of drug-likeness (QED) is 0.812. The van der Waals surface area contributed by atoms with Crippen LogP contribution in [0.25, 0.3) is 0 Å². The second kappa shape index (κ2) is 5.68. The van der Waals surface area contributed by atoms with Crippen LogP contribution < -0.4 is 4.72 Å². The van der Waals surface area contributed by atoms with Crippen molar-refractivity contribution in [2.75, 3.05) is 0 Å². The van der Waals surface area contributed by atoms with Gasteiger partial charge < -0.3 is 5.11 Å². The Morgan fingerprint density at radius 1 is 1.43 bits per heavy atom. The molecule has 0 spiro atoms. The zero-order chi connectivity index (χ0) is 15.6. The van der Waals surface area contributed by atoms with Crippen molar-refractivity contribution in [3.05, 3.63) is 41.5 Å². The van der Waals surface area contributed by atoms with Crippen LogP contribution in [0.15, 0.2) is 35.2 Å². The topological polar surface area (TPSA) is 107 Å². The fourth-order valence-electron chi connectivity index (χ4n) is 2.17. The van der Waals surface area contributed by atoms with Gasteiger partial charge in [-0.05, 0) is 37.1 Å². The molecular formula is C14H14N2O4S. The zero-order valence-electron chi connectivity index (χ0n) is 11.3. The Balaban J connectivity index is 2.17. The molecule has 1 aromatic carbocycles. The molecule has 110 valence electrons. The van der Waals surface area contributed by atoms with Crippen molar-refractivity contribution in [1.29, 1.82) is 5.26 Å². The van der Waals surface area contributed by atoms with Crippen LogP contribution in [-0.2, 0) is 14.8 Å². The van der Waals surface area contributed by atoms with Crippen LogP contribution in [0.2, 0.25) is 0 Å². The molecule has 21 heavy (non-hydrogen) atoms. The molecule has 0 bridgehead atoms. The maximum absolute atomic E-state index is 12.2. The standard InChI is InChI=1S/C14H14N2O4S/c1-9-6-13(5-3-11(9)8-15)21(19,20)16-12-4-2-10(7-12)14(17)18/h2-6,10,12,16H,7H2,1H3,(H,17,18). The smallest absolute Gasteiger partial charge is 0.310 e. The molecule has 2 unspecified atom stereocenters. The maximum Gasteiger partial charge on any atom is 0.310 e. The molecule has 0 radical (unpaired) electrons. The van der Waals surface area contributed by atoms with Gasteiger partial charge in [0.05, 0.1) is 22.4 Å². The number of rotatable bonds is 4. The zero-order valence-corrected chi connectivity index (χ0v) is 12.1. The Morgan fingerprint density at radius 2 is 2.14 bits per heavy atom. The highest BCUT2D eigenvalue weighted by Crippen LogP contribution is 2.21. The molecule has 2 N–H and O–H groups in total. The van der Waals surface area contributed by atoms with E-state index in [1.807, 2.05) is 6.07 Å². The first-order chi connectivity index (χ1) is 9.83. The fraction of sp³-hybridized carbons (Fsp3) is 0.286. The molecule has 7 heteroatoms. The Kier molecular flexibility index (Phi) is 4.11. The molecule has 1 aromatic rings. The second-order valence-electron chi connectivity index (χ2n) is 4.88. The Morgan fingerprint density at radius 3 is 2.67 bits per heavy atom. The number of nitrogens with one attached hydrogen (secondary N) is 1. The minimum atomic E-state index is -3.74. The van der Waals surface area contributed by atoms with Gasteiger partial charge in [0.1, 0.15) is 0 Å². The fourth-order valence-corrected chi connectivity index (χ4v) is 3.45. The lowest BCUT2D eigenvalue weighted by atomic mass is 10.1. The summed E-state index contributed by atoms with van der Waals surface area (Å²) in [6.07, 6.45) is 3.23. The summed E-state index contributed by atoms with van der Waals surface area (Å²) in [7, 11) is -3.74. The van der Waals surface area contributed by atoms with Gasteiger partial charge in [-0.25, -0.2) is 13.1 Å². The van der Waals surface area contributed by atoms with Crippen LogP contribution in [0.5, 0.6) is 0 Å². The predicted molar refractivity (Wildman–Crippen MR) is 74.9 cm³/mol. The molecule has 0 aromatic heterocycles. The number of carboxylic acid groups (broad SMARTS) is 1. The molecule has 0 heterocycles. The average molecular weight is 306 g/mol. The van der Waals surface area contributed by atoms with Gasteiger partial charge in [0, 0.05) is 6.04 Å². The molecule has 0 saturated carbocycles. The highest BCUT2D eigenvalue weighted by Gasteiger charge is 2.28. The van der Waals surface area contributed by atoms with Gasteiger partial charge in [0.25, 0.3) is 0 Å². The summed E-state index contributed by atoms with van der Waals surface area (Å²) in [6, 6.07) is 5.68. The van der Waals surface area contributed by atoms with Crippen molar-refractivity contribution >= 4 is 16.0 Å². The number of sulfonamides is 1. The molecule has 0 saturated heterocycles. The van der Waals surface area contributed by atoms with E-state index in [1.54, 1.807) is 13.0 Å². The van der Waals surface area contributed by atoms with Gasteiger partial charge in [-0.3, -0.25) is 4.79 Å². The number of carbonyl (C=O) groups is 1. The Hall–Kier alpha value is -2.17. The normalized spacial score (nSPS) is 21.1. The third-order valence-corrected chi connectivity index (χ3v) is 4.82. The summed E-state index contributed by atoms with van der Waals surface area (Å²) in [6.45, 7) is 1.66. The monoisotopic (exact) mass is 306 g/mol. The first kappa shape index (κ1) is 15.2. The number of aryl methyl sites for hydroxylation is 1. The van der Waals surface area contributed by atoms with Crippen LogP contribution >= 0.6 is 0 Å². The summed E-state index contributed by atoms with van der Waals surface area (Å²) >= 11 is 0. The first-order valence-electron chi connectivity index (χ1n) is 6.27. The average Bonchev–Trinajstić information content (AvgIpc) is 2.86. The summed E-state index contributed by atoms with van der Waals surface area (Å²) in [5.41, 5.74) is 0.992. The second-order valence-corrected chi connectivity index (χ2v) is 6.60. The SMILES string of the molecule is Cc1cc(S(=O)(=O)NC2C=CC(C(=O)O)C2)ccc1C#N. The van der Waals surface area contributed by atoms with Crippen molar-refractivity contribution in [2.24, 2.45) is 5.92 Å². The van der Waals surface area contributed by atoms with E-state index in [2.05, 4.69) is 4.72 Å². The van der Waals surface area contributed by atoms with E-state index in [4.69, 9.17) is 10.4 Å². The largest absolute Gasteiger partial charge is 0.481 e. The molecule has 2 atom stereocenters. The molecule has 2 rings (SSSR count). The number of nitriles is 1. The number of nitrogens with zero attached hydrogens (tertiary/aromatic N) is 1. The summed E-state index contributed by atoms with van der Waals surface area (Å²) < 4.78 is 26.9. The number of carboxylic acids is 1. The van der Waals surface area contributed by atoms with Crippen LogP contribution in [0.1, 0.15) is 17.5 Å². The molecule has 0 amide bonds. The summed E-state index contributed by atoms with van der Waals surface area (Å²) in [5, 5.41) is 17.7. The van der Waals surface area contributed by atoms with Gasteiger partial charge in [-0.15, -0.1) is 0 Å². The van der Waals surface area contributed by atoms with E-state index in [0.29, 0.717) is 11.1 Å². The van der Waals surface area contributed by atoms with Crippen LogP contribution in [-0.4, -0.2) is 25.5 Å². The van der Waals surface area contributed by atoms with Gasteiger partial charge in [0.2, 0.25) is 10.0 Å². The van der Waals surface area contributed by atoms with E-state index >= 15 is 0 Å². The number of aliphatic carboxylic acids is 1. The molecule has 1 aliphatic carbocycles.